The van der Waals surface area contributed by atoms with Crippen LogP contribution in [0.25, 0.3) is 69.7 Å². The van der Waals surface area contributed by atoms with Crippen LogP contribution in [0.15, 0.2) is 115 Å². The maximum Gasteiger partial charge on any atom is 0.230 e. The highest BCUT2D eigenvalue weighted by atomic mass is 32.1. The van der Waals surface area contributed by atoms with Gasteiger partial charge in [-0.05, 0) is 53.6 Å². The summed E-state index contributed by atoms with van der Waals surface area (Å²) in [6.07, 6.45) is 2.21. The monoisotopic (exact) mass is 505 g/mol. The van der Waals surface area contributed by atoms with Crippen LogP contribution in [0.4, 0.5) is 0 Å². The summed E-state index contributed by atoms with van der Waals surface area (Å²) < 4.78 is 7.33. The molecule has 0 aliphatic carbocycles. The van der Waals surface area contributed by atoms with Gasteiger partial charge in [0.2, 0.25) is 5.69 Å². The molecule has 8 rings (SSSR count). The van der Waals surface area contributed by atoms with E-state index in [9.17, 15) is 0 Å². The fourth-order valence-corrected chi connectivity index (χ4v) is 7.53. The molecular weight excluding hydrogens is 480 g/mol. The predicted molar refractivity (Wildman–Crippen MR) is 163 cm³/mol. The van der Waals surface area contributed by atoms with Crippen molar-refractivity contribution in [2.24, 2.45) is 7.05 Å². The lowest BCUT2D eigenvalue weighted by Crippen LogP contribution is -2.30. The predicted octanol–water partition coefficient (Wildman–Crippen LogP) is 9.10. The number of benzene rings is 5. The molecule has 2 nitrogen and oxygen atoms in total. The quantitative estimate of drug-likeness (QED) is 0.207. The zero-order chi connectivity index (χ0) is 25.4. The molecule has 0 aliphatic rings. The van der Waals surface area contributed by atoms with Crippen molar-refractivity contribution in [3.63, 3.8) is 0 Å². The summed E-state index contributed by atoms with van der Waals surface area (Å²) in [6, 6.07) is 39.9. The molecule has 0 atom stereocenters. The van der Waals surface area contributed by atoms with Gasteiger partial charge in [-0.25, -0.2) is 0 Å². The molecule has 180 valence electrons. The standard InChI is InChI=1S/C35H25N2S/c1-22-25-10-4-3-9-23(25)15-17-26(22)34-35-30(19-20-36(34)2)29-18-16-24(21-33(29)38-35)37-31-13-7-5-11-27(31)28-12-6-8-14-32(28)37/h3-21H,1-2H3/q+1. The van der Waals surface area contributed by atoms with Gasteiger partial charge in [0.15, 0.2) is 6.20 Å². The molecule has 0 aliphatic heterocycles. The average molecular weight is 506 g/mol. The van der Waals surface area contributed by atoms with Gasteiger partial charge >= 0.3 is 0 Å². The van der Waals surface area contributed by atoms with Gasteiger partial charge in [-0.3, -0.25) is 0 Å². The number of nitrogens with zero attached hydrogens (tertiary/aromatic N) is 2. The fourth-order valence-electron chi connectivity index (χ4n) is 6.20. The smallest absolute Gasteiger partial charge is 0.230 e. The average Bonchev–Trinajstić information content (AvgIpc) is 3.49. The number of pyridine rings is 1. The first kappa shape index (κ1) is 21.6. The number of thiophene rings is 1. The van der Waals surface area contributed by atoms with Crippen molar-refractivity contribution in [2.75, 3.05) is 0 Å². The lowest BCUT2D eigenvalue weighted by Gasteiger charge is -2.09. The highest BCUT2D eigenvalue weighted by Crippen LogP contribution is 2.41. The summed E-state index contributed by atoms with van der Waals surface area (Å²) in [7, 11) is 2.16. The molecule has 0 bridgehead atoms. The molecule has 0 fully saturated rings. The largest absolute Gasteiger partial charge is 0.309 e. The van der Waals surface area contributed by atoms with E-state index in [2.05, 4.69) is 138 Å². The first-order chi connectivity index (χ1) is 18.7. The third kappa shape index (κ3) is 2.97. The topological polar surface area (TPSA) is 8.81 Å². The van der Waals surface area contributed by atoms with Crippen LogP contribution in [0.5, 0.6) is 0 Å². The Labute approximate surface area is 224 Å². The van der Waals surface area contributed by atoms with Crippen molar-refractivity contribution < 1.29 is 4.57 Å². The molecule has 3 heteroatoms. The van der Waals surface area contributed by atoms with Crippen LogP contribution >= 0.6 is 11.3 Å². The highest BCUT2D eigenvalue weighted by molar-refractivity contribution is 7.26. The normalized spacial score (nSPS) is 11.9. The molecule has 3 aromatic heterocycles. The first-order valence-electron chi connectivity index (χ1n) is 13.0. The highest BCUT2D eigenvalue weighted by Gasteiger charge is 2.22. The van der Waals surface area contributed by atoms with Crippen molar-refractivity contribution >= 4 is 64.1 Å². The van der Waals surface area contributed by atoms with Gasteiger partial charge in [-0.1, -0.05) is 72.8 Å². The van der Waals surface area contributed by atoms with E-state index in [1.165, 1.54) is 75.3 Å². The van der Waals surface area contributed by atoms with Crippen LogP contribution in [-0.2, 0) is 7.05 Å². The molecule has 8 aromatic rings. The molecule has 0 radical (unpaired) electrons. The summed E-state index contributed by atoms with van der Waals surface area (Å²) in [5.74, 6) is 0. The van der Waals surface area contributed by atoms with Crippen molar-refractivity contribution in [2.45, 2.75) is 6.92 Å². The van der Waals surface area contributed by atoms with Crippen molar-refractivity contribution in [3.8, 4) is 16.9 Å². The molecule has 38 heavy (non-hydrogen) atoms. The molecular formula is C35H25N2S+. The third-order valence-electron chi connectivity index (χ3n) is 8.04. The second-order valence-corrected chi connectivity index (χ2v) is 11.2. The van der Waals surface area contributed by atoms with E-state index >= 15 is 0 Å². The SMILES string of the molecule is Cc1c(-c2c3sc4cc(-n5c6ccccc6c6ccccc65)ccc4c3cc[n+]2C)ccc2ccccc12. The van der Waals surface area contributed by atoms with Crippen LogP contribution in [0.2, 0.25) is 0 Å². The maximum absolute atomic E-state index is 2.41. The molecule has 5 aromatic carbocycles. The first-order valence-corrected chi connectivity index (χ1v) is 13.8. The molecule has 0 unspecified atom stereocenters. The minimum absolute atomic E-state index is 1.20. The Morgan fingerprint density at radius 2 is 1.32 bits per heavy atom. The van der Waals surface area contributed by atoms with Crippen LogP contribution in [0.1, 0.15) is 5.56 Å². The number of fused-ring (bicyclic) bond motifs is 7. The van der Waals surface area contributed by atoms with Crippen molar-refractivity contribution in [3.05, 3.63) is 121 Å². The number of para-hydroxylation sites is 2. The van der Waals surface area contributed by atoms with E-state index in [1.54, 1.807) is 0 Å². The van der Waals surface area contributed by atoms with E-state index in [0.29, 0.717) is 0 Å². The maximum atomic E-state index is 2.41. The Hall–Kier alpha value is -4.47. The second kappa shape index (κ2) is 8.01. The summed E-state index contributed by atoms with van der Waals surface area (Å²) >= 11 is 1.90. The number of aromatic nitrogens is 2. The van der Waals surface area contributed by atoms with Crippen molar-refractivity contribution in [1.82, 2.24) is 4.57 Å². The van der Waals surface area contributed by atoms with Gasteiger partial charge in [0.05, 0.1) is 16.6 Å². The minimum atomic E-state index is 1.20. The number of hydrogen-bond acceptors (Lipinski definition) is 1. The molecule has 0 saturated carbocycles. The van der Waals surface area contributed by atoms with E-state index in [-0.39, 0.29) is 0 Å². The zero-order valence-electron chi connectivity index (χ0n) is 21.3. The fraction of sp³-hybridized carbons (Fsp3) is 0.0571. The Balaban J connectivity index is 1.40. The van der Waals surface area contributed by atoms with E-state index in [4.69, 9.17) is 0 Å². The van der Waals surface area contributed by atoms with Gasteiger partial charge in [-0.15, -0.1) is 11.3 Å². The molecule has 0 amide bonds. The number of aryl methyl sites for hydroxylation is 2. The number of rotatable bonds is 2. The Bertz CT molecular complexity index is 2160. The lowest BCUT2D eigenvalue weighted by molar-refractivity contribution is -0.659. The van der Waals surface area contributed by atoms with E-state index < -0.39 is 0 Å². The summed E-state index contributed by atoms with van der Waals surface area (Å²) in [5, 5.41) is 7.82. The molecule has 0 N–H and O–H groups in total. The van der Waals surface area contributed by atoms with Crippen LogP contribution in [0, 0.1) is 6.92 Å². The summed E-state index contributed by atoms with van der Waals surface area (Å²) in [6.45, 7) is 2.25. The molecule has 3 heterocycles. The zero-order valence-corrected chi connectivity index (χ0v) is 22.1. The molecule has 0 spiro atoms. The Morgan fingerprint density at radius 1 is 0.632 bits per heavy atom. The van der Waals surface area contributed by atoms with Gasteiger partial charge in [-0.2, -0.15) is 4.57 Å². The van der Waals surface area contributed by atoms with Crippen LogP contribution in [0.3, 0.4) is 0 Å². The Morgan fingerprint density at radius 3 is 2.08 bits per heavy atom. The van der Waals surface area contributed by atoms with Gasteiger partial charge in [0.25, 0.3) is 0 Å². The van der Waals surface area contributed by atoms with Crippen molar-refractivity contribution in [1.29, 1.82) is 0 Å². The van der Waals surface area contributed by atoms with Gasteiger partial charge in [0, 0.05) is 38.0 Å². The number of hydrogen-bond donors (Lipinski definition) is 0. The lowest BCUT2D eigenvalue weighted by atomic mass is 9.97. The summed E-state index contributed by atoms with van der Waals surface area (Å²) in [4.78, 5) is 0. The van der Waals surface area contributed by atoms with Gasteiger partial charge in [0.1, 0.15) is 11.7 Å². The van der Waals surface area contributed by atoms with Gasteiger partial charge < -0.3 is 4.57 Å². The van der Waals surface area contributed by atoms with E-state index in [0.717, 1.165) is 0 Å². The third-order valence-corrected chi connectivity index (χ3v) is 9.21. The van der Waals surface area contributed by atoms with Crippen LogP contribution in [-0.4, -0.2) is 4.57 Å². The molecule has 0 saturated heterocycles. The second-order valence-electron chi connectivity index (χ2n) is 10.1. The summed E-state index contributed by atoms with van der Waals surface area (Å²) in [5.41, 5.74) is 7.60. The minimum Gasteiger partial charge on any atom is -0.309 e. The van der Waals surface area contributed by atoms with Crippen LogP contribution < -0.4 is 4.57 Å². The Kier molecular flexibility index (Phi) is 4.55. The van der Waals surface area contributed by atoms with E-state index in [1.807, 2.05) is 11.3 Å².